The summed E-state index contributed by atoms with van der Waals surface area (Å²) in [4.78, 5) is 17.7. The topological polar surface area (TPSA) is 68.5 Å². The average molecular weight is 294 g/mol. The Morgan fingerprint density at radius 3 is 3.09 bits per heavy atom. The number of nitrogens with zero attached hydrogens (tertiary/aromatic N) is 5. The standard InChI is InChI=1S/C16H18N6/c1-2-6-13-21-14-15(18-10-12-5-4-7-17-9-12)19-11-20-16(14)22(13)8-3-1/h4-5,7,9,11H,1-3,6,8,10H2,(H,18,19,20). The first-order valence-corrected chi connectivity index (χ1v) is 7.75. The number of aromatic nitrogens is 5. The van der Waals surface area contributed by atoms with Crippen LogP contribution in [0.15, 0.2) is 30.9 Å². The molecule has 22 heavy (non-hydrogen) atoms. The Morgan fingerprint density at radius 2 is 2.18 bits per heavy atom. The van der Waals surface area contributed by atoms with Crippen molar-refractivity contribution >= 4 is 17.0 Å². The Hall–Kier alpha value is -2.50. The second-order valence-corrected chi connectivity index (χ2v) is 5.60. The summed E-state index contributed by atoms with van der Waals surface area (Å²) in [5.74, 6) is 1.94. The molecule has 0 radical (unpaired) electrons. The minimum absolute atomic E-state index is 0.683. The average Bonchev–Trinajstić information content (AvgIpc) is 2.76. The lowest BCUT2D eigenvalue weighted by molar-refractivity contribution is 0.643. The molecule has 0 aromatic carbocycles. The molecule has 0 bridgehead atoms. The van der Waals surface area contributed by atoms with Gasteiger partial charge in [0.05, 0.1) is 0 Å². The molecule has 3 aromatic rings. The van der Waals surface area contributed by atoms with E-state index < -0.39 is 0 Å². The van der Waals surface area contributed by atoms with E-state index in [1.165, 1.54) is 19.3 Å². The van der Waals surface area contributed by atoms with Crippen LogP contribution in [0, 0.1) is 0 Å². The minimum atomic E-state index is 0.683. The van der Waals surface area contributed by atoms with Crippen molar-refractivity contribution in [1.82, 2.24) is 24.5 Å². The predicted molar refractivity (Wildman–Crippen MR) is 84.4 cm³/mol. The number of anilines is 1. The number of hydrogen-bond donors (Lipinski definition) is 1. The van der Waals surface area contributed by atoms with Gasteiger partial charge in [0, 0.05) is 31.9 Å². The van der Waals surface area contributed by atoms with Gasteiger partial charge < -0.3 is 9.88 Å². The number of aryl methyl sites for hydroxylation is 2. The molecule has 1 N–H and O–H groups in total. The molecule has 0 unspecified atom stereocenters. The smallest absolute Gasteiger partial charge is 0.165 e. The maximum Gasteiger partial charge on any atom is 0.165 e. The normalized spacial score (nSPS) is 14.5. The van der Waals surface area contributed by atoms with E-state index in [2.05, 4.69) is 24.8 Å². The van der Waals surface area contributed by atoms with Crippen molar-refractivity contribution in [3.05, 3.63) is 42.2 Å². The highest BCUT2D eigenvalue weighted by Gasteiger charge is 2.17. The van der Waals surface area contributed by atoms with Crippen molar-refractivity contribution in [1.29, 1.82) is 0 Å². The number of fused-ring (bicyclic) bond motifs is 3. The summed E-state index contributed by atoms with van der Waals surface area (Å²) in [5.41, 5.74) is 2.94. The number of rotatable bonds is 3. The van der Waals surface area contributed by atoms with Crippen LogP contribution in [-0.2, 0) is 19.5 Å². The molecule has 0 atom stereocenters. The van der Waals surface area contributed by atoms with Crippen LogP contribution in [-0.4, -0.2) is 24.5 Å². The van der Waals surface area contributed by atoms with E-state index in [4.69, 9.17) is 4.98 Å². The van der Waals surface area contributed by atoms with Crippen LogP contribution in [0.25, 0.3) is 11.2 Å². The van der Waals surface area contributed by atoms with Crippen molar-refractivity contribution in [2.24, 2.45) is 0 Å². The molecule has 0 saturated heterocycles. The number of nitrogens with one attached hydrogen (secondary N) is 1. The van der Waals surface area contributed by atoms with Crippen molar-refractivity contribution in [2.75, 3.05) is 5.32 Å². The van der Waals surface area contributed by atoms with Crippen molar-refractivity contribution in [2.45, 2.75) is 38.8 Å². The molecular weight excluding hydrogens is 276 g/mol. The zero-order valence-electron chi connectivity index (χ0n) is 12.4. The second kappa shape index (κ2) is 5.71. The third-order valence-electron chi connectivity index (χ3n) is 4.08. The fraction of sp³-hybridized carbons (Fsp3) is 0.375. The summed E-state index contributed by atoms with van der Waals surface area (Å²) >= 11 is 0. The van der Waals surface area contributed by atoms with Gasteiger partial charge in [0.15, 0.2) is 17.0 Å². The lowest BCUT2D eigenvalue weighted by atomic mass is 10.2. The maximum atomic E-state index is 4.79. The Labute approximate surface area is 128 Å². The first-order valence-electron chi connectivity index (χ1n) is 7.75. The Morgan fingerprint density at radius 1 is 1.18 bits per heavy atom. The van der Waals surface area contributed by atoms with Gasteiger partial charge >= 0.3 is 0 Å². The van der Waals surface area contributed by atoms with E-state index >= 15 is 0 Å². The van der Waals surface area contributed by atoms with Gasteiger partial charge in [-0.25, -0.2) is 15.0 Å². The number of pyridine rings is 1. The van der Waals surface area contributed by atoms with Crippen LogP contribution in [0.2, 0.25) is 0 Å². The molecule has 4 heterocycles. The van der Waals surface area contributed by atoms with Gasteiger partial charge in [0.1, 0.15) is 12.2 Å². The Balaban J connectivity index is 1.67. The molecule has 0 amide bonds. The van der Waals surface area contributed by atoms with Crippen molar-refractivity contribution in [3.63, 3.8) is 0 Å². The first-order chi connectivity index (χ1) is 10.9. The fourth-order valence-corrected chi connectivity index (χ4v) is 2.96. The van der Waals surface area contributed by atoms with E-state index in [9.17, 15) is 0 Å². The summed E-state index contributed by atoms with van der Waals surface area (Å²) in [5, 5.41) is 3.36. The molecule has 6 nitrogen and oxygen atoms in total. The van der Waals surface area contributed by atoms with Gasteiger partial charge in [-0.05, 0) is 24.5 Å². The van der Waals surface area contributed by atoms with Gasteiger partial charge in [-0.3, -0.25) is 4.98 Å². The van der Waals surface area contributed by atoms with E-state index in [0.717, 1.165) is 41.3 Å². The number of imidazole rings is 1. The molecule has 0 saturated carbocycles. The molecule has 4 rings (SSSR count). The molecule has 6 heteroatoms. The molecule has 1 aliphatic heterocycles. The largest absolute Gasteiger partial charge is 0.364 e. The second-order valence-electron chi connectivity index (χ2n) is 5.60. The minimum Gasteiger partial charge on any atom is -0.364 e. The fourth-order valence-electron chi connectivity index (χ4n) is 2.96. The third kappa shape index (κ3) is 2.41. The third-order valence-corrected chi connectivity index (χ3v) is 4.08. The highest BCUT2D eigenvalue weighted by atomic mass is 15.2. The first kappa shape index (κ1) is 13.2. The van der Waals surface area contributed by atoms with Gasteiger partial charge in [-0.1, -0.05) is 12.5 Å². The summed E-state index contributed by atoms with van der Waals surface area (Å²) in [7, 11) is 0. The summed E-state index contributed by atoms with van der Waals surface area (Å²) in [6, 6.07) is 3.98. The van der Waals surface area contributed by atoms with Crippen LogP contribution in [0.3, 0.4) is 0 Å². The Bertz CT molecular complexity index is 780. The van der Waals surface area contributed by atoms with Crippen molar-refractivity contribution < 1.29 is 0 Å². The zero-order valence-corrected chi connectivity index (χ0v) is 12.4. The zero-order chi connectivity index (χ0) is 14.8. The van der Waals surface area contributed by atoms with Crippen LogP contribution in [0.5, 0.6) is 0 Å². The van der Waals surface area contributed by atoms with Crippen LogP contribution in [0.4, 0.5) is 5.82 Å². The molecule has 0 aliphatic carbocycles. The van der Waals surface area contributed by atoms with Crippen molar-refractivity contribution in [3.8, 4) is 0 Å². The monoisotopic (exact) mass is 294 g/mol. The Kier molecular flexibility index (Phi) is 3.42. The van der Waals surface area contributed by atoms with Gasteiger partial charge in [0.25, 0.3) is 0 Å². The molecule has 0 spiro atoms. The summed E-state index contributed by atoms with van der Waals surface area (Å²) in [6.45, 7) is 1.69. The molecule has 1 aliphatic rings. The van der Waals surface area contributed by atoms with Crippen LogP contribution >= 0.6 is 0 Å². The van der Waals surface area contributed by atoms with Gasteiger partial charge in [-0.2, -0.15) is 0 Å². The highest BCUT2D eigenvalue weighted by molar-refractivity contribution is 5.83. The van der Waals surface area contributed by atoms with Gasteiger partial charge in [-0.15, -0.1) is 0 Å². The lowest BCUT2D eigenvalue weighted by Gasteiger charge is -2.06. The van der Waals surface area contributed by atoms with E-state index in [0.29, 0.717) is 6.54 Å². The van der Waals surface area contributed by atoms with E-state index in [1.54, 1.807) is 12.5 Å². The van der Waals surface area contributed by atoms with Gasteiger partial charge in [0.2, 0.25) is 0 Å². The summed E-state index contributed by atoms with van der Waals surface area (Å²) in [6.07, 6.45) is 9.94. The molecule has 112 valence electrons. The molecule has 0 fully saturated rings. The maximum absolute atomic E-state index is 4.79. The van der Waals surface area contributed by atoms with E-state index in [1.807, 2.05) is 18.3 Å². The highest BCUT2D eigenvalue weighted by Crippen LogP contribution is 2.24. The quantitative estimate of drug-likeness (QED) is 0.804. The predicted octanol–water partition coefficient (Wildman–Crippen LogP) is 2.56. The molecule has 3 aromatic heterocycles. The van der Waals surface area contributed by atoms with E-state index in [-0.39, 0.29) is 0 Å². The SMILES string of the molecule is c1cncc(CNc2ncnc3c2nc2n3CCCCC2)c1. The number of hydrogen-bond acceptors (Lipinski definition) is 5. The lowest BCUT2D eigenvalue weighted by Crippen LogP contribution is -2.04. The van der Waals surface area contributed by atoms with Crippen LogP contribution in [0.1, 0.15) is 30.7 Å². The molecular formula is C16H18N6. The summed E-state index contributed by atoms with van der Waals surface area (Å²) < 4.78 is 2.25. The van der Waals surface area contributed by atoms with Crippen LogP contribution < -0.4 is 5.32 Å².